The Hall–Kier alpha value is -0.900. The van der Waals surface area contributed by atoms with Crippen LogP contribution in [0.5, 0.6) is 0 Å². The first kappa shape index (κ1) is 6.22. The quantitative estimate of drug-likeness (QED) is 0.441. The minimum Gasteiger partial charge on any atom is -0.548 e. The predicted octanol–water partition coefficient (Wildman–Crippen LogP) is -2.06. The number of carbonyl (C=O) groups excluding carboxylic acids is 1. The zero-order valence-electron chi connectivity index (χ0n) is 4.65. The molecule has 1 rings (SSSR count). The largest absolute Gasteiger partial charge is 0.548 e. The zero-order chi connectivity index (χ0) is 6.85. The molecule has 1 aliphatic heterocycles. The van der Waals surface area contributed by atoms with Crippen LogP contribution in [0.3, 0.4) is 0 Å². The molecule has 2 unspecified atom stereocenters. The van der Waals surface area contributed by atoms with E-state index in [1.807, 2.05) is 0 Å². The summed E-state index contributed by atoms with van der Waals surface area (Å²) in [6, 6.07) is -0.833. The second-order valence-corrected chi connectivity index (χ2v) is 1.94. The van der Waals surface area contributed by atoms with Crippen molar-refractivity contribution in [3.05, 3.63) is 0 Å². The van der Waals surface area contributed by atoms with Gasteiger partial charge in [-0.1, -0.05) is 0 Å². The van der Waals surface area contributed by atoms with Gasteiger partial charge in [0.1, 0.15) is 0 Å². The van der Waals surface area contributed by atoms with E-state index in [1.165, 1.54) is 6.21 Å². The first-order chi connectivity index (χ1) is 4.20. The highest BCUT2D eigenvalue weighted by Gasteiger charge is 2.18. The van der Waals surface area contributed by atoms with Crippen LogP contribution in [0.1, 0.15) is 6.42 Å². The Labute approximate surface area is 51.8 Å². The number of nitrogens with zero attached hydrogens (tertiary/aromatic N) is 1. The SMILES string of the molecule is O=C([O-])C1CC(O)C=N1. The average molecular weight is 128 g/mol. The molecule has 0 aliphatic carbocycles. The molecule has 0 aromatic carbocycles. The number of aliphatic imine (C=N–C) groups is 1. The van der Waals surface area contributed by atoms with Gasteiger partial charge in [-0.3, -0.25) is 4.99 Å². The molecule has 1 aliphatic rings. The third-order valence-electron chi connectivity index (χ3n) is 1.17. The van der Waals surface area contributed by atoms with Gasteiger partial charge in [0.25, 0.3) is 0 Å². The van der Waals surface area contributed by atoms with Crippen LogP contribution in [0.4, 0.5) is 0 Å². The van der Waals surface area contributed by atoms with Crippen molar-refractivity contribution in [1.29, 1.82) is 0 Å². The lowest BCUT2D eigenvalue weighted by Crippen LogP contribution is -2.33. The molecule has 4 nitrogen and oxygen atoms in total. The molecule has 0 aromatic rings. The number of hydrogen-bond donors (Lipinski definition) is 1. The number of rotatable bonds is 1. The molecule has 0 saturated carbocycles. The Balaban J connectivity index is 2.50. The van der Waals surface area contributed by atoms with Gasteiger partial charge < -0.3 is 15.0 Å². The number of carbonyl (C=O) groups is 1. The topological polar surface area (TPSA) is 72.7 Å². The van der Waals surface area contributed by atoms with Crippen LogP contribution in [0.25, 0.3) is 0 Å². The van der Waals surface area contributed by atoms with E-state index < -0.39 is 18.1 Å². The van der Waals surface area contributed by atoms with Crippen molar-refractivity contribution in [3.8, 4) is 0 Å². The number of aliphatic hydroxyl groups is 1. The van der Waals surface area contributed by atoms with Crippen molar-refractivity contribution in [3.63, 3.8) is 0 Å². The molecule has 0 spiro atoms. The Bertz CT molecular complexity index is 154. The Morgan fingerprint density at radius 1 is 1.89 bits per heavy atom. The van der Waals surface area contributed by atoms with E-state index in [-0.39, 0.29) is 6.42 Å². The van der Waals surface area contributed by atoms with Gasteiger partial charge in [-0.25, -0.2) is 0 Å². The summed E-state index contributed by atoms with van der Waals surface area (Å²) >= 11 is 0. The molecule has 1 N–H and O–H groups in total. The van der Waals surface area contributed by atoms with Crippen LogP contribution in [-0.2, 0) is 4.79 Å². The van der Waals surface area contributed by atoms with Gasteiger partial charge in [0.05, 0.1) is 18.1 Å². The molecule has 50 valence electrons. The molecule has 0 radical (unpaired) electrons. The molecule has 9 heavy (non-hydrogen) atoms. The maximum atomic E-state index is 10.0. The summed E-state index contributed by atoms with van der Waals surface area (Å²) in [5.74, 6) is -1.22. The molecule has 2 atom stereocenters. The van der Waals surface area contributed by atoms with Crippen LogP contribution < -0.4 is 5.11 Å². The van der Waals surface area contributed by atoms with Gasteiger partial charge in [-0.15, -0.1) is 0 Å². The van der Waals surface area contributed by atoms with E-state index in [1.54, 1.807) is 0 Å². The van der Waals surface area contributed by atoms with Crippen LogP contribution >= 0.6 is 0 Å². The summed E-state index contributed by atoms with van der Waals surface area (Å²) in [5.41, 5.74) is 0. The van der Waals surface area contributed by atoms with Crippen molar-refractivity contribution in [2.24, 2.45) is 4.99 Å². The Kier molecular flexibility index (Phi) is 1.48. The lowest BCUT2D eigenvalue weighted by atomic mass is 10.2. The molecule has 0 bridgehead atoms. The van der Waals surface area contributed by atoms with Crippen molar-refractivity contribution < 1.29 is 15.0 Å². The molecular weight excluding hydrogens is 122 g/mol. The van der Waals surface area contributed by atoms with Gasteiger partial charge >= 0.3 is 0 Å². The molecule has 0 aromatic heterocycles. The Morgan fingerprint density at radius 2 is 2.56 bits per heavy atom. The summed E-state index contributed by atoms with van der Waals surface area (Å²) in [6.45, 7) is 0. The summed E-state index contributed by atoms with van der Waals surface area (Å²) in [6.07, 6.45) is 0.677. The van der Waals surface area contributed by atoms with E-state index in [0.717, 1.165) is 0 Å². The second kappa shape index (κ2) is 2.14. The monoisotopic (exact) mass is 128 g/mol. The maximum Gasteiger partial charge on any atom is 0.0918 e. The summed E-state index contributed by atoms with van der Waals surface area (Å²) in [5, 5.41) is 18.7. The smallest absolute Gasteiger partial charge is 0.0918 e. The molecule has 0 amide bonds. The third kappa shape index (κ3) is 1.26. The highest BCUT2D eigenvalue weighted by Crippen LogP contribution is 2.06. The number of aliphatic carboxylic acids is 1. The molecule has 4 heteroatoms. The molecule has 0 fully saturated rings. The standard InChI is InChI=1S/C5H7NO3/c7-3-1-4(5(8)9)6-2-3/h2-4,7H,1H2,(H,8,9)/p-1. The summed E-state index contributed by atoms with van der Waals surface area (Å²) < 4.78 is 0. The lowest BCUT2D eigenvalue weighted by molar-refractivity contribution is -0.307. The third-order valence-corrected chi connectivity index (χ3v) is 1.17. The normalized spacial score (nSPS) is 33.0. The molecular formula is C5H6NO3-. The van der Waals surface area contributed by atoms with Gasteiger partial charge in [-0.05, 0) is 0 Å². The molecule has 0 saturated heterocycles. The van der Waals surface area contributed by atoms with Crippen molar-refractivity contribution >= 4 is 12.2 Å². The van der Waals surface area contributed by atoms with Crippen molar-refractivity contribution in [1.82, 2.24) is 0 Å². The van der Waals surface area contributed by atoms with Gasteiger partial charge in [0.2, 0.25) is 0 Å². The second-order valence-electron chi connectivity index (χ2n) is 1.94. The number of carboxylic acid groups (broad SMARTS) is 1. The minimum absolute atomic E-state index is 0.155. The lowest BCUT2D eigenvalue weighted by Gasteiger charge is -2.06. The number of aliphatic hydroxyl groups excluding tert-OH is 1. The average Bonchev–Trinajstić information content (AvgIpc) is 2.14. The number of hydrogen-bond acceptors (Lipinski definition) is 4. The van der Waals surface area contributed by atoms with Crippen molar-refractivity contribution in [2.45, 2.75) is 18.6 Å². The van der Waals surface area contributed by atoms with Gasteiger partial charge in [0.15, 0.2) is 0 Å². The van der Waals surface area contributed by atoms with Crippen LogP contribution in [0.2, 0.25) is 0 Å². The predicted molar refractivity (Wildman–Crippen MR) is 27.9 cm³/mol. The highest BCUT2D eigenvalue weighted by molar-refractivity contribution is 5.78. The fourth-order valence-electron chi connectivity index (χ4n) is 0.711. The summed E-state index contributed by atoms with van der Waals surface area (Å²) in [7, 11) is 0. The number of carboxylic acids is 1. The van der Waals surface area contributed by atoms with Gasteiger partial charge in [0, 0.05) is 12.6 Å². The van der Waals surface area contributed by atoms with E-state index in [0.29, 0.717) is 0 Å². The first-order valence-corrected chi connectivity index (χ1v) is 2.62. The van der Waals surface area contributed by atoms with Crippen LogP contribution in [0.15, 0.2) is 4.99 Å². The fraction of sp³-hybridized carbons (Fsp3) is 0.600. The summed E-state index contributed by atoms with van der Waals surface area (Å²) in [4.78, 5) is 13.5. The van der Waals surface area contributed by atoms with Gasteiger partial charge in [-0.2, -0.15) is 0 Å². The fourth-order valence-corrected chi connectivity index (χ4v) is 0.711. The Morgan fingerprint density at radius 3 is 2.78 bits per heavy atom. The first-order valence-electron chi connectivity index (χ1n) is 2.62. The minimum atomic E-state index is -1.22. The maximum absolute atomic E-state index is 10.0. The van der Waals surface area contributed by atoms with E-state index >= 15 is 0 Å². The van der Waals surface area contributed by atoms with Crippen molar-refractivity contribution in [2.75, 3.05) is 0 Å². The van der Waals surface area contributed by atoms with E-state index in [4.69, 9.17) is 5.11 Å². The van der Waals surface area contributed by atoms with Crippen LogP contribution in [0, 0.1) is 0 Å². The van der Waals surface area contributed by atoms with E-state index in [2.05, 4.69) is 4.99 Å². The zero-order valence-corrected chi connectivity index (χ0v) is 4.65. The van der Waals surface area contributed by atoms with E-state index in [9.17, 15) is 9.90 Å². The molecule has 1 heterocycles. The highest BCUT2D eigenvalue weighted by atomic mass is 16.4. The van der Waals surface area contributed by atoms with Crippen LogP contribution in [-0.4, -0.2) is 29.4 Å².